The molecule has 0 aromatic carbocycles. The van der Waals surface area contributed by atoms with Gasteiger partial charge in [0.15, 0.2) is 0 Å². The van der Waals surface area contributed by atoms with Gasteiger partial charge in [-0.1, -0.05) is 19.8 Å². The summed E-state index contributed by atoms with van der Waals surface area (Å²) in [6, 6.07) is 0. The third-order valence-electron chi connectivity index (χ3n) is 2.01. The molecule has 3 nitrogen and oxygen atoms in total. The number of hydrogen-bond donors (Lipinski definition) is 0. The summed E-state index contributed by atoms with van der Waals surface area (Å²) in [4.78, 5) is 11.7. The van der Waals surface area contributed by atoms with Gasteiger partial charge < -0.3 is 4.74 Å². The van der Waals surface area contributed by atoms with E-state index in [0.29, 0.717) is 6.61 Å². The van der Waals surface area contributed by atoms with Crippen LogP contribution in [0.1, 0.15) is 53.9 Å². The molecule has 96 valence electrons. The summed E-state index contributed by atoms with van der Waals surface area (Å²) in [6.45, 7) is 10.5. The molecule has 0 aromatic rings. The summed E-state index contributed by atoms with van der Waals surface area (Å²) in [6.07, 6.45) is 3.34. The number of carbonyl (C=O) groups is 1. The molecule has 0 saturated heterocycles. The van der Waals surface area contributed by atoms with Gasteiger partial charge >= 0.3 is 6.09 Å². The fraction of sp³-hybridized carbons (Fsp3) is 0.917. The highest BCUT2D eigenvalue weighted by Crippen LogP contribution is 2.25. The second kappa shape index (κ2) is 7.82. The smallest absolute Gasteiger partial charge is 0.420 e. The molecule has 16 heavy (non-hydrogen) atoms. The molecule has 0 radical (unpaired) electrons. The van der Waals surface area contributed by atoms with Crippen LogP contribution < -0.4 is 0 Å². The van der Waals surface area contributed by atoms with Gasteiger partial charge in [0, 0.05) is 11.3 Å². The Balaban J connectivity index is 4.17. The molecule has 0 bridgehead atoms. The van der Waals surface area contributed by atoms with E-state index in [1.54, 1.807) is 16.3 Å². The molecule has 1 amide bonds. The van der Waals surface area contributed by atoms with E-state index in [1.165, 1.54) is 12.8 Å². The Morgan fingerprint density at radius 3 is 2.31 bits per heavy atom. The number of ether oxygens (including phenoxy) is 1. The van der Waals surface area contributed by atoms with Crippen molar-refractivity contribution < 1.29 is 9.53 Å². The van der Waals surface area contributed by atoms with E-state index in [-0.39, 0.29) is 11.6 Å². The average Bonchev–Trinajstić information content (AvgIpc) is 2.16. The number of unbranched alkanes of at least 4 members (excludes halogenated alkanes) is 2. The fourth-order valence-corrected chi connectivity index (χ4v) is 2.27. The molecular formula is C12H25NO2S. The number of nitrogens with zero attached hydrogens (tertiary/aromatic N) is 1. The molecule has 0 rings (SSSR count). The Morgan fingerprint density at radius 1 is 1.25 bits per heavy atom. The molecule has 0 aromatic heterocycles. The van der Waals surface area contributed by atoms with Crippen LogP contribution in [0.5, 0.6) is 0 Å². The van der Waals surface area contributed by atoms with Gasteiger partial charge in [-0.05, 0) is 46.1 Å². The third kappa shape index (κ3) is 6.26. The van der Waals surface area contributed by atoms with Crippen LogP contribution in [0, 0.1) is 0 Å². The van der Waals surface area contributed by atoms with Crippen molar-refractivity contribution in [1.82, 2.24) is 4.31 Å². The van der Waals surface area contributed by atoms with Crippen LogP contribution in [0.4, 0.5) is 4.79 Å². The van der Waals surface area contributed by atoms with Gasteiger partial charge in [-0.15, -0.1) is 0 Å². The minimum atomic E-state index is -0.225. The number of hydrogen-bond acceptors (Lipinski definition) is 3. The van der Waals surface area contributed by atoms with Gasteiger partial charge in [0.25, 0.3) is 0 Å². The zero-order valence-corrected chi connectivity index (χ0v) is 12.0. The van der Waals surface area contributed by atoms with Crippen LogP contribution in [-0.4, -0.2) is 28.3 Å². The van der Waals surface area contributed by atoms with E-state index in [1.807, 2.05) is 27.7 Å². The van der Waals surface area contributed by atoms with Gasteiger partial charge in [0.2, 0.25) is 0 Å². The van der Waals surface area contributed by atoms with E-state index < -0.39 is 0 Å². The first kappa shape index (κ1) is 15.6. The summed E-state index contributed by atoms with van der Waals surface area (Å²) in [7, 11) is 0. The maximum absolute atomic E-state index is 11.7. The number of carbonyl (C=O) groups excluding carboxylic acids is 1. The second-order valence-corrected chi connectivity index (χ2v) is 5.74. The summed E-state index contributed by atoms with van der Waals surface area (Å²) in [5, 5.41) is 0. The quantitative estimate of drug-likeness (QED) is 0.523. The number of rotatable bonds is 6. The lowest BCUT2D eigenvalue weighted by Crippen LogP contribution is -2.41. The van der Waals surface area contributed by atoms with Crippen molar-refractivity contribution in [3.8, 4) is 0 Å². The first-order chi connectivity index (χ1) is 7.43. The van der Waals surface area contributed by atoms with E-state index >= 15 is 0 Å². The maximum Gasteiger partial charge on any atom is 0.420 e. The highest BCUT2D eigenvalue weighted by molar-refractivity contribution is 7.97. The lowest BCUT2D eigenvalue weighted by Gasteiger charge is -2.33. The monoisotopic (exact) mass is 247 g/mol. The molecule has 4 heteroatoms. The number of amides is 1. The topological polar surface area (TPSA) is 29.5 Å². The molecule has 0 aliphatic heterocycles. The summed E-state index contributed by atoms with van der Waals surface area (Å²) < 4.78 is 6.80. The SMILES string of the molecule is CCCCCSN(C(=O)OCC)C(C)(C)C. The molecule has 0 saturated carbocycles. The van der Waals surface area contributed by atoms with Gasteiger partial charge in [-0.3, -0.25) is 0 Å². The zero-order valence-electron chi connectivity index (χ0n) is 11.2. The predicted molar refractivity (Wildman–Crippen MR) is 70.6 cm³/mol. The Bertz CT molecular complexity index is 202. The molecule has 0 heterocycles. The molecule has 0 atom stereocenters. The van der Waals surface area contributed by atoms with Crippen molar-refractivity contribution in [3.63, 3.8) is 0 Å². The van der Waals surface area contributed by atoms with Crippen LogP contribution in [0.3, 0.4) is 0 Å². The summed E-state index contributed by atoms with van der Waals surface area (Å²) >= 11 is 1.58. The predicted octanol–water partition coefficient (Wildman–Crippen LogP) is 4.08. The largest absolute Gasteiger partial charge is 0.449 e. The minimum Gasteiger partial charge on any atom is -0.449 e. The van der Waals surface area contributed by atoms with Gasteiger partial charge in [-0.25, -0.2) is 9.10 Å². The molecule has 0 N–H and O–H groups in total. The molecule has 0 spiro atoms. The highest BCUT2D eigenvalue weighted by Gasteiger charge is 2.28. The fourth-order valence-electron chi connectivity index (χ4n) is 1.21. The van der Waals surface area contributed by atoms with Crippen LogP contribution in [0.2, 0.25) is 0 Å². The van der Waals surface area contributed by atoms with Crippen LogP contribution in [0.25, 0.3) is 0 Å². The standard InChI is InChI=1S/C12H25NO2S/c1-6-8-9-10-16-13(12(3,4)5)11(14)15-7-2/h6-10H2,1-5H3. The Labute approximate surface area is 104 Å². The third-order valence-corrected chi connectivity index (χ3v) is 3.44. The molecule has 0 unspecified atom stereocenters. The van der Waals surface area contributed by atoms with Crippen LogP contribution in [0.15, 0.2) is 0 Å². The highest BCUT2D eigenvalue weighted by atomic mass is 32.2. The van der Waals surface area contributed by atoms with E-state index in [9.17, 15) is 4.79 Å². The molecule has 0 aliphatic rings. The summed E-state index contributed by atoms with van der Waals surface area (Å²) in [5.41, 5.74) is -0.191. The van der Waals surface area contributed by atoms with E-state index in [2.05, 4.69) is 6.92 Å². The summed E-state index contributed by atoms with van der Waals surface area (Å²) in [5.74, 6) is 0.976. The Morgan fingerprint density at radius 2 is 1.88 bits per heavy atom. The van der Waals surface area contributed by atoms with Crippen molar-refractivity contribution in [1.29, 1.82) is 0 Å². The van der Waals surface area contributed by atoms with Gasteiger partial charge in [0.05, 0.1) is 6.61 Å². The van der Waals surface area contributed by atoms with Crippen LogP contribution in [-0.2, 0) is 4.74 Å². The Kier molecular flexibility index (Phi) is 7.64. The zero-order chi connectivity index (χ0) is 12.6. The molecule has 0 aliphatic carbocycles. The van der Waals surface area contributed by atoms with Crippen molar-refractivity contribution in [3.05, 3.63) is 0 Å². The van der Waals surface area contributed by atoms with Crippen molar-refractivity contribution in [2.24, 2.45) is 0 Å². The second-order valence-electron chi connectivity index (χ2n) is 4.70. The maximum atomic E-state index is 11.7. The van der Waals surface area contributed by atoms with Gasteiger partial charge in [-0.2, -0.15) is 0 Å². The van der Waals surface area contributed by atoms with Crippen molar-refractivity contribution >= 4 is 18.0 Å². The molecular weight excluding hydrogens is 222 g/mol. The van der Waals surface area contributed by atoms with Crippen LogP contribution >= 0.6 is 11.9 Å². The average molecular weight is 247 g/mol. The van der Waals surface area contributed by atoms with Crippen molar-refractivity contribution in [2.45, 2.75) is 59.4 Å². The van der Waals surface area contributed by atoms with Gasteiger partial charge in [0.1, 0.15) is 0 Å². The first-order valence-corrected chi connectivity index (χ1v) is 6.97. The lowest BCUT2D eigenvalue weighted by atomic mass is 10.1. The molecule has 0 fully saturated rings. The van der Waals surface area contributed by atoms with E-state index in [0.717, 1.165) is 12.2 Å². The van der Waals surface area contributed by atoms with E-state index in [4.69, 9.17) is 4.74 Å². The normalized spacial score (nSPS) is 11.3. The lowest BCUT2D eigenvalue weighted by molar-refractivity contribution is 0.114. The van der Waals surface area contributed by atoms with Crippen molar-refractivity contribution in [2.75, 3.05) is 12.4 Å². The minimum absolute atomic E-state index is 0.191. The first-order valence-electron chi connectivity index (χ1n) is 6.03. The Hall–Kier alpha value is -0.380.